The summed E-state index contributed by atoms with van der Waals surface area (Å²) in [5.74, 6) is -0.419. The van der Waals surface area contributed by atoms with E-state index in [1.54, 1.807) is 20.8 Å². The molecule has 0 aromatic rings. The van der Waals surface area contributed by atoms with Crippen LogP contribution in [0.3, 0.4) is 0 Å². The second-order valence-corrected chi connectivity index (χ2v) is 10.2. The summed E-state index contributed by atoms with van der Waals surface area (Å²) in [6, 6.07) is 0. The van der Waals surface area contributed by atoms with Crippen LogP contribution in [0.2, 0.25) is 19.6 Å². The second-order valence-electron chi connectivity index (χ2n) is 5.76. The van der Waals surface area contributed by atoms with E-state index in [1.165, 1.54) is 7.11 Å². The number of carbonyl (C=O) groups excluding carboxylic acids is 1. The largest absolute Gasteiger partial charge is 0.543 e. The SMILES string of the molecule is C=C(O[Si](C)(C)C)C(=NOC)C(=O)OC(C)(C)C. The van der Waals surface area contributed by atoms with E-state index in [1.807, 2.05) is 19.6 Å². The maximum absolute atomic E-state index is 11.9. The molecule has 0 spiro atoms. The van der Waals surface area contributed by atoms with Crippen molar-refractivity contribution in [1.29, 1.82) is 0 Å². The van der Waals surface area contributed by atoms with Gasteiger partial charge in [0.2, 0.25) is 14.0 Å². The quantitative estimate of drug-likeness (QED) is 0.254. The Balaban J connectivity index is 4.94. The summed E-state index contributed by atoms with van der Waals surface area (Å²) in [5.41, 5.74) is -0.639. The van der Waals surface area contributed by atoms with Crippen LogP contribution in [-0.4, -0.2) is 32.7 Å². The molecular formula is C12H23NO4Si. The van der Waals surface area contributed by atoms with Gasteiger partial charge in [-0.25, -0.2) is 4.79 Å². The fourth-order valence-corrected chi connectivity index (χ4v) is 1.87. The van der Waals surface area contributed by atoms with E-state index in [2.05, 4.69) is 16.6 Å². The first-order valence-corrected chi connectivity index (χ1v) is 9.10. The summed E-state index contributed by atoms with van der Waals surface area (Å²) in [6.45, 7) is 15.0. The standard InChI is InChI=1S/C12H23NO4Si/c1-9(17-18(6,7)8)10(13-15-5)11(14)16-12(2,3)4/h1H2,2-8H3. The number of nitrogens with zero attached hydrogens (tertiary/aromatic N) is 1. The normalized spacial score (nSPS) is 12.9. The lowest BCUT2D eigenvalue weighted by Gasteiger charge is -2.23. The van der Waals surface area contributed by atoms with Crippen LogP contribution in [0.4, 0.5) is 0 Å². The molecule has 0 aliphatic carbocycles. The second kappa shape index (κ2) is 6.04. The molecule has 0 aliphatic heterocycles. The lowest BCUT2D eigenvalue weighted by molar-refractivity contribution is -0.146. The summed E-state index contributed by atoms with van der Waals surface area (Å²) < 4.78 is 10.8. The van der Waals surface area contributed by atoms with E-state index in [-0.39, 0.29) is 11.5 Å². The van der Waals surface area contributed by atoms with E-state index < -0.39 is 19.9 Å². The summed E-state index contributed by atoms with van der Waals surface area (Å²) in [5, 5.41) is 3.63. The van der Waals surface area contributed by atoms with Gasteiger partial charge in [0, 0.05) is 0 Å². The molecule has 6 heteroatoms. The lowest BCUT2D eigenvalue weighted by atomic mass is 10.2. The van der Waals surface area contributed by atoms with Gasteiger partial charge in [0.15, 0.2) is 0 Å². The molecule has 104 valence electrons. The molecule has 0 rings (SSSR count). The molecule has 0 unspecified atom stereocenters. The molecule has 0 heterocycles. The molecule has 0 aromatic heterocycles. The van der Waals surface area contributed by atoms with E-state index in [4.69, 9.17) is 9.16 Å². The number of hydrogen-bond acceptors (Lipinski definition) is 5. The van der Waals surface area contributed by atoms with Crippen molar-refractivity contribution in [2.45, 2.75) is 46.0 Å². The molecule has 0 aromatic carbocycles. The van der Waals surface area contributed by atoms with Crippen LogP contribution in [0.25, 0.3) is 0 Å². The minimum absolute atomic E-state index is 0.0325. The van der Waals surface area contributed by atoms with Crippen LogP contribution in [0, 0.1) is 0 Å². The molecule has 0 saturated heterocycles. The van der Waals surface area contributed by atoms with Crippen molar-refractivity contribution in [3.8, 4) is 0 Å². The smallest absolute Gasteiger partial charge is 0.364 e. The Labute approximate surface area is 110 Å². The van der Waals surface area contributed by atoms with Crippen LogP contribution in [-0.2, 0) is 18.8 Å². The summed E-state index contributed by atoms with van der Waals surface area (Å²) in [7, 11) is -0.507. The predicted molar refractivity (Wildman–Crippen MR) is 73.9 cm³/mol. The van der Waals surface area contributed by atoms with Gasteiger partial charge in [-0.2, -0.15) is 0 Å². The Morgan fingerprint density at radius 1 is 1.22 bits per heavy atom. The first-order valence-electron chi connectivity index (χ1n) is 5.69. The number of rotatable bonds is 5. The monoisotopic (exact) mass is 273 g/mol. The number of carbonyl (C=O) groups is 1. The summed E-state index contributed by atoms with van der Waals surface area (Å²) in [6.07, 6.45) is 0. The average Bonchev–Trinajstić information content (AvgIpc) is 2.07. The first kappa shape index (κ1) is 16.7. The van der Waals surface area contributed by atoms with Gasteiger partial charge >= 0.3 is 5.97 Å². The van der Waals surface area contributed by atoms with Crippen LogP contribution in [0.5, 0.6) is 0 Å². The number of ether oxygens (including phenoxy) is 1. The number of esters is 1. The highest BCUT2D eigenvalue weighted by Gasteiger charge is 2.28. The minimum atomic E-state index is -1.86. The first-order chi connectivity index (χ1) is 7.96. The maximum atomic E-state index is 11.9. The van der Waals surface area contributed by atoms with Crippen molar-refractivity contribution in [2.75, 3.05) is 7.11 Å². The van der Waals surface area contributed by atoms with Crippen molar-refractivity contribution in [2.24, 2.45) is 5.16 Å². The van der Waals surface area contributed by atoms with Gasteiger partial charge in [-0.3, -0.25) is 0 Å². The Hall–Kier alpha value is -1.30. The van der Waals surface area contributed by atoms with Gasteiger partial charge in [-0.15, -0.1) is 0 Å². The van der Waals surface area contributed by atoms with Crippen molar-refractivity contribution < 1.29 is 18.8 Å². The molecule has 0 amide bonds. The summed E-state index contributed by atoms with van der Waals surface area (Å²) in [4.78, 5) is 16.6. The maximum Gasteiger partial charge on any atom is 0.364 e. The van der Waals surface area contributed by atoms with E-state index in [0.717, 1.165) is 0 Å². The van der Waals surface area contributed by atoms with Crippen LogP contribution < -0.4 is 0 Å². The number of oxime groups is 1. The summed E-state index contributed by atoms with van der Waals surface area (Å²) >= 11 is 0. The van der Waals surface area contributed by atoms with E-state index in [9.17, 15) is 4.79 Å². The molecule has 0 bridgehead atoms. The average molecular weight is 273 g/mol. The van der Waals surface area contributed by atoms with Gasteiger partial charge < -0.3 is 14.0 Å². The Bertz CT molecular complexity index is 320. The third-order valence-corrected chi connectivity index (χ3v) is 2.33. The molecule has 5 nitrogen and oxygen atoms in total. The number of hydrogen-bond donors (Lipinski definition) is 0. The zero-order valence-electron chi connectivity index (χ0n) is 12.3. The Kier molecular flexibility index (Phi) is 5.60. The van der Waals surface area contributed by atoms with Gasteiger partial charge in [0.1, 0.15) is 18.5 Å². The molecule has 0 N–H and O–H groups in total. The fourth-order valence-electron chi connectivity index (χ4n) is 1.04. The minimum Gasteiger partial charge on any atom is -0.543 e. The van der Waals surface area contributed by atoms with E-state index >= 15 is 0 Å². The molecule has 18 heavy (non-hydrogen) atoms. The highest BCUT2D eigenvalue weighted by molar-refractivity contribution is 6.70. The Morgan fingerprint density at radius 2 is 1.72 bits per heavy atom. The molecule has 0 atom stereocenters. The fraction of sp³-hybridized carbons (Fsp3) is 0.667. The van der Waals surface area contributed by atoms with Gasteiger partial charge in [-0.1, -0.05) is 11.7 Å². The molecule has 0 saturated carbocycles. The highest BCUT2D eigenvalue weighted by Crippen LogP contribution is 2.14. The predicted octanol–water partition coefficient (Wildman–Crippen LogP) is 2.70. The van der Waals surface area contributed by atoms with Crippen LogP contribution >= 0.6 is 0 Å². The van der Waals surface area contributed by atoms with Gasteiger partial charge in [0.05, 0.1) is 0 Å². The van der Waals surface area contributed by atoms with Crippen molar-refractivity contribution >= 4 is 20.0 Å². The zero-order chi connectivity index (χ0) is 14.6. The lowest BCUT2D eigenvalue weighted by Crippen LogP contribution is -2.33. The molecule has 0 radical (unpaired) electrons. The van der Waals surface area contributed by atoms with Crippen molar-refractivity contribution in [1.82, 2.24) is 0 Å². The van der Waals surface area contributed by atoms with Crippen molar-refractivity contribution in [3.63, 3.8) is 0 Å². The van der Waals surface area contributed by atoms with Gasteiger partial charge in [-0.05, 0) is 40.4 Å². The van der Waals surface area contributed by atoms with Crippen LogP contribution in [0.15, 0.2) is 17.5 Å². The van der Waals surface area contributed by atoms with Crippen LogP contribution in [0.1, 0.15) is 20.8 Å². The molecule has 0 aliphatic rings. The van der Waals surface area contributed by atoms with E-state index in [0.29, 0.717) is 0 Å². The third-order valence-electron chi connectivity index (χ3n) is 1.47. The topological polar surface area (TPSA) is 57.1 Å². The van der Waals surface area contributed by atoms with Crippen molar-refractivity contribution in [3.05, 3.63) is 12.3 Å². The highest BCUT2D eigenvalue weighted by atomic mass is 28.4. The molecule has 0 fully saturated rings. The molecular weight excluding hydrogens is 250 g/mol. The third kappa shape index (κ3) is 7.11. The Morgan fingerprint density at radius 3 is 2.06 bits per heavy atom. The zero-order valence-corrected chi connectivity index (χ0v) is 13.3. The van der Waals surface area contributed by atoms with Gasteiger partial charge in [0.25, 0.3) is 0 Å².